The summed E-state index contributed by atoms with van der Waals surface area (Å²) in [6.07, 6.45) is 0.750. The molecule has 0 saturated carbocycles. The van der Waals surface area contributed by atoms with Gasteiger partial charge in [0.25, 0.3) is 0 Å². The summed E-state index contributed by atoms with van der Waals surface area (Å²) in [5, 5.41) is 0. The lowest BCUT2D eigenvalue weighted by Gasteiger charge is -2.28. The van der Waals surface area contributed by atoms with Crippen molar-refractivity contribution in [2.75, 3.05) is 6.54 Å². The van der Waals surface area contributed by atoms with Gasteiger partial charge in [0.1, 0.15) is 0 Å². The van der Waals surface area contributed by atoms with Crippen LogP contribution < -0.4 is 0 Å². The average molecular weight is 366 g/mol. The Morgan fingerprint density at radius 1 is 1.10 bits per heavy atom. The largest absolute Gasteiger partial charge is 0.243 e. The molecule has 0 fully saturated rings. The number of nitrogens with zero attached hydrogens (tertiary/aromatic N) is 1. The van der Waals surface area contributed by atoms with Gasteiger partial charge in [-0.15, -0.1) is 0 Å². The van der Waals surface area contributed by atoms with Crippen LogP contribution in [0.25, 0.3) is 0 Å². The molecule has 0 bridgehead atoms. The highest BCUT2D eigenvalue weighted by Crippen LogP contribution is 2.29. The predicted octanol–water partition coefficient (Wildman–Crippen LogP) is 3.50. The monoisotopic (exact) mass is 365 g/mol. The van der Waals surface area contributed by atoms with Gasteiger partial charge in [0.2, 0.25) is 10.0 Å². The molecule has 2 aromatic carbocycles. The minimum absolute atomic E-state index is 0.364. The maximum absolute atomic E-state index is 12.7. The number of halogens is 1. The second-order valence-electron chi connectivity index (χ2n) is 5.28. The molecule has 5 heteroatoms. The van der Waals surface area contributed by atoms with Crippen molar-refractivity contribution in [3.63, 3.8) is 0 Å². The molecule has 0 amide bonds. The Labute approximate surface area is 133 Å². The highest BCUT2D eigenvalue weighted by molar-refractivity contribution is 9.10. The fourth-order valence-corrected chi connectivity index (χ4v) is 4.52. The van der Waals surface area contributed by atoms with E-state index in [2.05, 4.69) is 22.0 Å². The van der Waals surface area contributed by atoms with E-state index in [4.69, 9.17) is 0 Å². The molecule has 110 valence electrons. The molecule has 2 aromatic rings. The van der Waals surface area contributed by atoms with Crippen LogP contribution in [0.4, 0.5) is 0 Å². The van der Waals surface area contributed by atoms with Crippen molar-refractivity contribution in [3.05, 3.63) is 63.6 Å². The second kappa shape index (κ2) is 5.55. The molecule has 0 spiro atoms. The first-order valence-electron chi connectivity index (χ1n) is 6.81. The summed E-state index contributed by atoms with van der Waals surface area (Å²) in [6.45, 7) is 2.90. The summed E-state index contributed by atoms with van der Waals surface area (Å²) in [5.41, 5.74) is 3.35. The van der Waals surface area contributed by atoms with Crippen LogP contribution in [0, 0.1) is 6.92 Å². The average Bonchev–Trinajstić information content (AvgIpc) is 2.48. The first-order valence-corrected chi connectivity index (χ1v) is 9.05. The van der Waals surface area contributed by atoms with Crippen molar-refractivity contribution in [1.29, 1.82) is 0 Å². The smallest absolute Gasteiger partial charge is 0.207 e. The van der Waals surface area contributed by atoms with Crippen LogP contribution in [0.1, 0.15) is 16.7 Å². The number of sulfonamides is 1. The van der Waals surface area contributed by atoms with Crippen molar-refractivity contribution in [2.24, 2.45) is 0 Å². The third kappa shape index (κ3) is 2.78. The van der Waals surface area contributed by atoms with E-state index < -0.39 is 10.0 Å². The van der Waals surface area contributed by atoms with E-state index in [1.807, 2.05) is 31.2 Å². The SMILES string of the molecule is Cc1ccc(S(=O)(=O)N2CCc3cccc(Br)c3C2)cc1. The van der Waals surface area contributed by atoms with Crippen molar-refractivity contribution in [2.45, 2.75) is 24.8 Å². The van der Waals surface area contributed by atoms with E-state index in [0.29, 0.717) is 18.0 Å². The molecule has 1 aliphatic heterocycles. The first-order chi connectivity index (χ1) is 9.98. The van der Waals surface area contributed by atoms with Gasteiger partial charge < -0.3 is 0 Å². The van der Waals surface area contributed by atoms with Gasteiger partial charge in [0.15, 0.2) is 0 Å². The third-order valence-electron chi connectivity index (χ3n) is 3.84. The third-order valence-corrected chi connectivity index (χ3v) is 6.44. The molecule has 0 aliphatic carbocycles. The van der Waals surface area contributed by atoms with E-state index in [1.165, 1.54) is 5.56 Å². The second-order valence-corrected chi connectivity index (χ2v) is 8.07. The van der Waals surface area contributed by atoms with Gasteiger partial charge in [-0.3, -0.25) is 0 Å². The standard InChI is InChI=1S/C16H16BrNO2S/c1-12-5-7-14(8-6-12)21(19,20)18-10-9-13-3-2-4-16(17)15(13)11-18/h2-8H,9-11H2,1H3. The zero-order valence-corrected chi connectivity index (χ0v) is 14.1. The van der Waals surface area contributed by atoms with Crippen molar-refractivity contribution >= 4 is 26.0 Å². The topological polar surface area (TPSA) is 37.4 Å². The molecule has 21 heavy (non-hydrogen) atoms. The maximum atomic E-state index is 12.7. The van der Waals surface area contributed by atoms with Crippen LogP contribution in [0.2, 0.25) is 0 Å². The molecule has 0 aromatic heterocycles. The molecule has 0 saturated heterocycles. The van der Waals surface area contributed by atoms with Gasteiger partial charge in [-0.1, -0.05) is 45.8 Å². The van der Waals surface area contributed by atoms with Crippen LogP contribution in [-0.2, 0) is 23.0 Å². The van der Waals surface area contributed by atoms with Crippen LogP contribution in [0.15, 0.2) is 51.8 Å². The van der Waals surface area contributed by atoms with E-state index >= 15 is 0 Å². The summed E-state index contributed by atoms with van der Waals surface area (Å²) in [4.78, 5) is 0.364. The summed E-state index contributed by atoms with van der Waals surface area (Å²) in [7, 11) is -3.43. The zero-order valence-electron chi connectivity index (χ0n) is 11.7. The first kappa shape index (κ1) is 14.8. The number of aryl methyl sites for hydroxylation is 1. The normalized spacial score (nSPS) is 15.7. The maximum Gasteiger partial charge on any atom is 0.243 e. The molecule has 0 radical (unpaired) electrons. The minimum Gasteiger partial charge on any atom is -0.207 e. The number of rotatable bonds is 2. The molecule has 1 heterocycles. The molecule has 0 N–H and O–H groups in total. The van der Waals surface area contributed by atoms with Gasteiger partial charge in [0, 0.05) is 17.6 Å². The summed E-state index contributed by atoms with van der Waals surface area (Å²) < 4.78 is 28.0. The highest BCUT2D eigenvalue weighted by Gasteiger charge is 2.28. The Balaban J connectivity index is 1.95. The number of fused-ring (bicyclic) bond motifs is 1. The summed E-state index contributed by atoms with van der Waals surface area (Å²) in [6, 6.07) is 13.0. The van der Waals surface area contributed by atoms with Gasteiger partial charge in [-0.2, -0.15) is 4.31 Å². The zero-order chi connectivity index (χ0) is 15.0. The van der Waals surface area contributed by atoms with Gasteiger partial charge >= 0.3 is 0 Å². The van der Waals surface area contributed by atoms with Crippen LogP contribution in [0.5, 0.6) is 0 Å². The fraction of sp³-hybridized carbons (Fsp3) is 0.250. The molecular formula is C16H16BrNO2S. The van der Waals surface area contributed by atoms with E-state index in [1.54, 1.807) is 16.4 Å². The van der Waals surface area contributed by atoms with E-state index in [0.717, 1.165) is 22.0 Å². The lowest BCUT2D eigenvalue weighted by atomic mass is 10.0. The van der Waals surface area contributed by atoms with Gasteiger partial charge in [0.05, 0.1) is 4.90 Å². The lowest BCUT2D eigenvalue weighted by molar-refractivity contribution is 0.390. The quantitative estimate of drug-likeness (QED) is 0.816. The summed E-state index contributed by atoms with van der Waals surface area (Å²) >= 11 is 3.52. The Hall–Kier alpha value is -1.17. The highest BCUT2D eigenvalue weighted by atomic mass is 79.9. The van der Waals surface area contributed by atoms with Gasteiger partial charge in [-0.25, -0.2) is 8.42 Å². The summed E-state index contributed by atoms with van der Waals surface area (Å²) in [5.74, 6) is 0. The minimum atomic E-state index is -3.43. The fourth-order valence-electron chi connectivity index (χ4n) is 2.58. The van der Waals surface area contributed by atoms with E-state index in [-0.39, 0.29) is 0 Å². The number of benzene rings is 2. The van der Waals surface area contributed by atoms with Crippen molar-refractivity contribution < 1.29 is 8.42 Å². The Kier molecular flexibility index (Phi) is 3.90. The van der Waals surface area contributed by atoms with Crippen LogP contribution in [0.3, 0.4) is 0 Å². The molecule has 1 aliphatic rings. The predicted molar refractivity (Wildman–Crippen MR) is 86.6 cm³/mol. The Morgan fingerprint density at radius 2 is 1.81 bits per heavy atom. The van der Waals surface area contributed by atoms with Crippen molar-refractivity contribution in [3.8, 4) is 0 Å². The number of hydrogen-bond donors (Lipinski definition) is 0. The van der Waals surface area contributed by atoms with E-state index in [9.17, 15) is 8.42 Å². The van der Waals surface area contributed by atoms with Crippen molar-refractivity contribution in [1.82, 2.24) is 4.31 Å². The van der Waals surface area contributed by atoms with Gasteiger partial charge in [-0.05, 0) is 42.7 Å². The lowest BCUT2D eigenvalue weighted by Crippen LogP contribution is -2.36. The molecule has 0 atom stereocenters. The van der Waals surface area contributed by atoms with Crippen LogP contribution in [-0.4, -0.2) is 19.3 Å². The molecule has 3 nitrogen and oxygen atoms in total. The molecule has 0 unspecified atom stereocenters. The Bertz CT molecular complexity index is 769. The van der Waals surface area contributed by atoms with Crippen LogP contribution >= 0.6 is 15.9 Å². The molecular weight excluding hydrogens is 350 g/mol. The Morgan fingerprint density at radius 3 is 2.52 bits per heavy atom. The molecule has 3 rings (SSSR count). The number of hydrogen-bond acceptors (Lipinski definition) is 2.